The average Bonchev–Trinajstić information content (AvgIpc) is 2.67. The molecule has 1 saturated heterocycles. The van der Waals surface area contributed by atoms with Gasteiger partial charge in [-0.3, -0.25) is 4.79 Å². The summed E-state index contributed by atoms with van der Waals surface area (Å²) < 4.78 is 10.6. The Morgan fingerprint density at radius 2 is 1.83 bits per heavy atom. The van der Waals surface area contributed by atoms with Crippen LogP contribution in [0.5, 0.6) is 11.5 Å². The van der Waals surface area contributed by atoms with E-state index in [0.717, 1.165) is 24.4 Å². The first kappa shape index (κ1) is 16.3. The topological polar surface area (TPSA) is 50.8 Å². The maximum atomic E-state index is 13.1. The van der Waals surface area contributed by atoms with Gasteiger partial charge in [-0.2, -0.15) is 0 Å². The number of carbonyl (C=O) groups is 1. The molecule has 2 aromatic carbocycles. The van der Waals surface area contributed by atoms with Crippen molar-refractivity contribution in [3.05, 3.63) is 59.7 Å². The van der Waals surface area contributed by atoms with Crippen molar-refractivity contribution in [2.45, 2.75) is 6.04 Å². The van der Waals surface area contributed by atoms with E-state index < -0.39 is 0 Å². The third-order valence-corrected chi connectivity index (χ3v) is 4.34. The van der Waals surface area contributed by atoms with Gasteiger partial charge in [-0.15, -0.1) is 0 Å². The first-order valence-electron chi connectivity index (χ1n) is 8.03. The molecule has 1 aliphatic heterocycles. The van der Waals surface area contributed by atoms with Gasteiger partial charge < -0.3 is 19.7 Å². The summed E-state index contributed by atoms with van der Waals surface area (Å²) in [5.74, 6) is 1.41. The zero-order chi connectivity index (χ0) is 16.9. The lowest BCUT2D eigenvalue weighted by Gasteiger charge is -2.37. The van der Waals surface area contributed by atoms with Gasteiger partial charge in [-0.05, 0) is 29.8 Å². The first-order chi connectivity index (χ1) is 11.7. The molecule has 24 heavy (non-hydrogen) atoms. The van der Waals surface area contributed by atoms with E-state index in [2.05, 4.69) is 5.32 Å². The van der Waals surface area contributed by atoms with Crippen LogP contribution in [-0.4, -0.2) is 44.7 Å². The minimum Gasteiger partial charge on any atom is -0.497 e. The molecule has 0 saturated carbocycles. The van der Waals surface area contributed by atoms with Gasteiger partial charge in [-0.1, -0.05) is 24.3 Å². The summed E-state index contributed by atoms with van der Waals surface area (Å²) in [6.45, 7) is 2.17. The standard InChI is InChI=1S/C19H22N2O3/c1-23-15-9-7-14(8-10-15)17-13-20-11-12-21(17)19(22)16-5-3-4-6-18(16)24-2/h3-10,17,20H,11-13H2,1-2H3. The van der Waals surface area contributed by atoms with Crippen molar-refractivity contribution in [3.63, 3.8) is 0 Å². The minimum absolute atomic E-state index is 0.00484. The largest absolute Gasteiger partial charge is 0.497 e. The molecular formula is C19H22N2O3. The Morgan fingerprint density at radius 1 is 1.08 bits per heavy atom. The molecule has 1 N–H and O–H groups in total. The normalized spacial score (nSPS) is 17.4. The molecule has 1 fully saturated rings. The number of amides is 1. The number of benzene rings is 2. The predicted octanol–water partition coefficient (Wildman–Crippen LogP) is 2.49. The number of hydrogen-bond acceptors (Lipinski definition) is 4. The number of piperazine rings is 1. The summed E-state index contributed by atoms with van der Waals surface area (Å²) in [5, 5.41) is 3.37. The molecule has 0 aromatic heterocycles. The Kier molecular flexibility index (Phi) is 5.01. The highest BCUT2D eigenvalue weighted by atomic mass is 16.5. The summed E-state index contributed by atoms with van der Waals surface area (Å²) in [5.41, 5.74) is 1.69. The zero-order valence-corrected chi connectivity index (χ0v) is 14.0. The molecule has 1 aliphatic rings. The van der Waals surface area contributed by atoms with Crippen LogP contribution >= 0.6 is 0 Å². The minimum atomic E-state index is -0.0120. The van der Waals surface area contributed by atoms with Crippen molar-refractivity contribution in [1.29, 1.82) is 0 Å². The second-order valence-corrected chi connectivity index (χ2v) is 5.69. The van der Waals surface area contributed by atoms with Crippen molar-refractivity contribution >= 4 is 5.91 Å². The third-order valence-electron chi connectivity index (χ3n) is 4.34. The lowest BCUT2D eigenvalue weighted by Crippen LogP contribution is -2.48. The number of nitrogens with one attached hydrogen (secondary N) is 1. The highest BCUT2D eigenvalue weighted by molar-refractivity contribution is 5.97. The molecule has 3 rings (SSSR count). The smallest absolute Gasteiger partial charge is 0.258 e. The molecule has 5 heteroatoms. The molecule has 5 nitrogen and oxygen atoms in total. The Morgan fingerprint density at radius 3 is 2.54 bits per heavy atom. The van der Waals surface area contributed by atoms with Gasteiger partial charge >= 0.3 is 0 Å². The van der Waals surface area contributed by atoms with Crippen LogP contribution in [0.1, 0.15) is 22.0 Å². The second kappa shape index (κ2) is 7.36. The Hall–Kier alpha value is -2.53. The molecule has 0 spiro atoms. The number of carbonyl (C=O) groups excluding carboxylic acids is 1. The molecule has 0 radical (unpaired) electrons. The SMILES string of the molecule is COc1ccc(C2CNCCN2C(=O)c2ccccc2OC)cc1. The number of rotatable bonds is 4. The van der Waals surface area contributed by atoms with Crippen molar-refractivity contribution in [2.75, 3.05) is 33.9 Å². The van der Waals surface area contributed by atoms with Crippen LogP contribution in [-0.2, 0) is 0 Å². The molecule has 126 valence electrons. The molecule has 1 atom stereocenters. The number of ether oxygens (including phenoxy) is 2. The van der Waals surface area contributed by atoms with Crippen molar-refractivity contribution in [3.8, 4) is 11.5 Å². The van der Waals surface area contributed by atoms with Gasteiger partial charge in [0.2, 0.25) is 0 Å². The van der Waals surface area contributed by atoms with E-state index >= 15 is 0 Å². The van der Waals surface area contributed by atoms with E-state index in [1.807, 2.05) is 53.4 Å². The van der Waals surface area contributed by atoms with Gasteiger partial charge in [0.1, 0.15) is 11.5 Å². The van der Waals surface area contributed by atoms with E-state index in [4.69, 9.17) is 9.47 Å². The third kappa shape index (κ3) is 3.21. The molecule has 0 bridgehead atoms. The fraction of sp³-hybridized carbons (Fsp3) is 0.316. The quantitative estimate of drug-likeness (QED) is 0.938. The lowest BCUT2D eigenvalue weighted by molar-refractivity contribution is 0.0631. The highest BCUT2D eigenvalue weighted by Crippen LogP contribution is 2.28. The molecule has 0 aliphatic carbocycles. The number of methoxy groups -OCH3 is 2. The number of nitrogens with zero attached hydrogens (tertiary/aromatic N) is 1. The van der Waals surface area contributed by atoms with E-state index in [-0.39, 0.29) is 11.9 Å². The van der Waals surface area contributed by atoms with Gasteiger partial charge in [-0.25, -0.2) is 0 Å². The summed E-state index contributed by atoms with van der Waals surface area (Å²) in [4.78, 5) is 15.0. The van der Waals surface area contributed by atoms with E-state index in [0.29, 0.717) is 17.9 Å². The van der Waals surface area contributed by atoms with Crippen LogP contribution in [0.4, 0.5) is 0 Å². The van der Waals surface area contributed by atoms with E-state index in [1.165, 1.54) is 0 Å². The highest BCUT2D eigenvalue weighted by Gasteiger charge is 2.29. The Balaban J connectivity index is 1.89. The Bertz CT molecular complexity index is 700. The number of hydrogen-bond donors (Lipinski definition) is 1. The van der Waals surface area contributed by atoms with Crippen molar-refractivity contribution in [2.24, 2.45) is 0 Å². The maximum Gasteiger partial charge on any atom is 0.258 e. The maximum absolute atomic E-state index is 13.1. The monoisotopic (exact) mass is 326 g/mol. The van der Waals surface area contributed by atoms with Gasteiger partial charge in [0.25, 0.3) is 5.91 Å². The first-order valence-corrected chi connectivity index (χ1v) is 8.03. The van der Waals surface area contributed by atoms with Crippen molar-refractivity contribution < 1.29 is 14.3 Å². The lowest BCUT2D eigenvalue weighted by atomic mass is 10.0. The fourth-order valence-electron chi connectivity index (χ4n) is 3.05. The number of para-hydroxylation sites is 1. The van der Waals surface area contributed by atoms with Crippen LogP contribution in [0.2, 0.25) is 0 Å². The van der Waals surface area contributed by atoms with E-state index in [9.17, 15) is 4.79 Å². The Labute approximate surface area is 142 Å². The van der Waals surface area contributed by atoms with Crippen molar-refractivity contribution in [1.82, 2.24) is 10.2 Å². The molecule has 2 aromatic rings. The summed E-state index contributed by atoms with van der Waals surface area (Å²) in [6.07, 6.45) is 0. The molecule has 1 unspecified atom stereocenters. The second-order valence-electron chi connectivity index (χ2n) is 5.69. The molecule has 1 heterocycles. The zero-order valence-electron chi connectivity index (χ0n) is 14.0. The molecule has 1 amide bonds. The van der Waals surface area contributed by atoms with Crippen LogP contribution in [0.15, 0.2) is 48.5 Å². The summed E-state index contributed by atoms with van der Waals surface area (Å²) in [6, 6.07) is 15.2. The van der Waals surface area contributed by atoms with Crippen LogP contribution in [0.25, 0.3) is 0 Å². The predicted molar refractivity (Wildman–Crippen MR) is 92.6 cm³/mol. The molecular weight excluding hydrogens is 304 g/mol. The van der Waals surface area contributed by atoms with Gasteiger partial charge in [0, 0.05) is 19.6 Å². The fourth-order valence-corrected chi connectivity index (χ4v) is 3.05. The van der Waals surface area contributed by atoms with E-state index in [1.54, 1.807) is 14.2 Å². The van der Waals surface area contributed by atoms with Crippen LogP contribution in [0, 0.1) is 0 Å². The van der Waals surface area contributed by atoms with Gasteiger partial charge in [0.05, 0.1) is 25.8 Å². The van der Waals surface area contributed by atoms with Crippen LogP contribution < -0.4 is 14.8 Å². The average molecular weight is 326 g/mol. The summed E-state index contributed by atoms with van der Waals surface area (Å²) >= 11 is 0. The van der Waals surface area contributed by atoms with Gasteiger partial charge in [0.15, 0.2) is 0 Å². The van der Waals surface area contributed by atoms with Crippen LogP contribution in [0.3, 0.4) is 0 Å². The summed E-state index contributed by atoms with van der Waals surface area (Å²) in [7, 11) is 3.24.